The summed E-state index contributed by atoms with van der Waals surface area (Å²) in [7, 11) is 0. The molecule has 23 heavy (non-hydrogen) atoms. The molecule has 112 valence electrons. The minimum Gasteiger partial charge on any atom is -0.294 e. The lowest BCUT2D eigenvalue weighted by Gasteiger charge is -2.00. The highest BCUT2D eigenvalue weighted by Crippen LogP contribution is 2.61. The van der Waals surface area contributed by atoms with Crippen LogP contribution in [0.2, 0.25) is 0 Å². The Kier molecular flexibility index (Phi) is 3.55. The molecule has 1 saturated carbocycles. The van der Waals surface area contributed by atoms with E-state index in [0.717, 1.165) is 5.56 Å². The van der Waals surface area contributed by atoms with Crippen LogP contribution in [0.5, 0.6) is 0 Å². The average molecular weight is 298 g/mol. The summed E-state index contributed by atoms with van der Waals surface area (Å²) in [6.07, 6.45) is 0. The van der Waals surface area contributed by atoms with Crippen molar-refractivity contribution in [1.29, 1.82) is 0 Å². The molecule has 2 unspecified atom stereocenters. The zero-order chi connectivity index (χ0) is 15.6. The van der Waals surface area contributed by atoms with Crippen molar-refractivity contribution in [3.8, 4) is 0 Å². The average Bonchev–Trinajstić information content (AvgIpc) is 3.39. The third-order valence-corrected chi connectivity index (χ3v) is 4.75. The van der Waals surface area contributed by atoms with E-state index in [4.69, 9.17) is 0 Å². The van der Waals surface area contributed by atoms with E-state index in [0.29, 0.717) is 0 Å². The second-order valence-corrected chi connectivity index (χ2v) is 6.13. The summed E-state index contributed by atoms with van der Waals surface area (Å²) >= 11 is 0. The molecular weight excluding hydrogens is 280 g/mol. The zero-order valence-electron chi connectivity index (χ0n) is 12.8. The van der Waals surface area contributed by atoms with Crippen molar-refractivity contribution in [2.24, 2.45) is 5.92 Å². The lowest BCUT2D eigenvalue weighted by Crippen LogP contribution is -2.03. The first kappa shape index (κ1) is 14.0. The fraction of sp³-hybridized carbons (Fsp3) is 0.136. The molecule has 0 saturated heterocycles. The second-order valence-electron chi connectivity index (χ2n) is 6.13. The molecule has 0 spiro atoms. The summed E-state index contributed by atoms with van der Waals surface area (Å²) in [5, 5.41) is 0. The molecule has 1 nitrogen and oxygen atoms in total. The smallest absolute Gasteiger partial charge is 0.167 e. The van der Waals surface area contributed by atoms with E-state index in [-0.39, 0.29) is 23.5 Å². The lowest BCUT2D eigenvalue weighted by molar-refractivity contribution is 0.0963. The summed E-state index contributed by atoms with van der Waals surface area (Å²) in [6.45, 7) is 0. The minimum atomic E-state index is 0.0437. The van der Waals surface area contributed by atoms with Crippen LogP contribution in [0.3, 0.4) is 0 Å². The fourth-order valence-corrected chi connectivity index (χ4v) is 3.61. The first-order chi connectivity index (χ1) is 11.4. The molecule has 3 aromatic carbocycles. The highest BCUT2D eigenvalue weighted by Gasteiger charge is 2.55. The standard InChI is InChI=1S/C22H18O/c23-22(18-14-8-3-9-15-18)21-19(16-10-4-1-5-11-16)20(21)17-12-6-2-7-13-17/h1-15,19-21H. The van der Waals surface area contributed by atoms with E-state index in [9.17, 15) is 4.79 Å². The number of benzene rings is 3. The molecule has 1 aliphatic rings. The summed E-state index contributed by atoms with van der Waals surface area (Å²) in [4.78, 5) is 13.0. The van der Waals surface area contributed by atoms with E-state index in [1.165, 1.54) is 11.1 Å². The van der Waals surface area contributed by atoms with Crippen LogP contribution < -0.4 is 0 Å². The van der Waals surface area contributed by atoms with Crippen LogP contribution in [0.4, 0.5) is 0 Å². The molecule has 0 N–H and O–H groups in total. The number of rotatable bonds is 4. The third-order valence-electron chi connectivity index (χ3n) is 4.75. The van der Waals surface area contributed by atoms with Crippen LogP contribution in [-0.4, -0.2) is 5.78 Å². The molecule has 3 aromatic rings. The molecule has 0 aliphatic heterocycles. The molecular formula is C22H18O. The molecule has 0 radical (unpaired) electrons. The monoisotopic (exact) mass is 298 g/mol. The van der Waals surface area contributed by atoms with Crippen LogP contribution in [0.1, 0.15) is 33.3 Å². The van der Waals surface area contributed by atoms with Gasteiger partial charge >= 0.3 is 0 Å². The Hall–Kier alpha value is -2.67. The van der Waals surface area contributed by atoms with Gasteiger partial charge in [0.1, 0.15) is 0 Å². The van der Waals surface area contributed by atoms with Gasteiger partial charge in [-0.05, 0) is 11.1 Å². The number of carbonyl (C=O) groups excluding carboxylic acids is 1. The van der Waals surface area contributed by atoms with Crippen LogP contribution in [-0.2, 0) is 0 Å². The molecule has 0 amide bonds. The van der Waals surface area contributed by atoms with Gasteiger partial charge in [0.05, 0.1) is 0 Å². The first-order valence-corrected chi connectivity index (χ1v) is 8.05. The maximum absolute atomic E-state index is 13.0. The van der Waals surface area contributed by atoms with Crippen LogP contribution in [0.25, 0.3) is 0 Å². The summed E-state index contributed by atoms with van der Waals surface area (Å²) in [5.74, 6) is 0.869. The molecule has 1 aliphatic carbocycles. The summed E-state index contributed by atoms with van der Waals surface area (Å²) in [6, 6.07) is 30.5. The molecule has 4 rings (SSSR count). The maximum atomic E-state index is 13.0. The molecule has 0 heterocycles. The SMILES string of the molecule is O=C(c1ccccc1)C1C(c2ccccc2)C1c1ccccc1. The van der Waals surface area contributed by atoms with Gasteiger partial charge in [-0.15, -0.1) is 0 Å². The fourth-order valence-electron chi connectivity index (χ4n) is 3.61. The third kappa shape index (κ3) is 2.59. The van der Waals surface area contributed by atoms with Gasteiger partial charge in [-0.1, -0.05) is 91.0 Å². The van der Waals surface area contributed by atoms with Gasteiger partial charge in [-0.25, -0.2) is 0 Å². The quantitative estimate of drug-likeness (QED) is 0.615. The van der Waals surface area contributed by atoms with Gasteiger partial charge in [0.2, 0.25) is 0 Å². The molecule has 1 fully saturated rings. The van der Waals surface area contributed by atoms with Crippen molar-refractivity contribution in [1.82, 2.24) is 0 Å². The largest absolute Gasteiger partial charge is 0.294 e. The van der Waals surface area contributed by atoms with Gasteiger partial charge in [0.25, 0.3) is 0 Å². The Morgan fingerprint density at radius 3 is 1.39 bits per heavy atom. The number of hydrogen-bond acceptors (Lipinski definition) is 1. The van der Waals surface area contributed by atoms with Gasteiger partial charge in [-0.3, -0.25) is 4.79 Å². The maximum Gasteiger partial charge on any atom is 0.167 e. The number of hydrogen-bond donors (Lipinski definition) is 0. The van der Waals surface area contributed by atoms with Crippen molar-refractivity contribution in [3.05, 3.63) is 108 Å². The number of carbonyl (C=O) groups is 1. The minimum absolute atomic E-state index is 0.0437. The lowest BCUT2D eigenvalue weighted by atomic mass is 10.0. The highest BCUT2D eigenvalue weighted by molar-refractivity contribution is 6.01. The summed E-state index contributed by atoms with van der Waals surface area (Å²) < 4.78 is 0. The van der Waals surface area contributed by atoms with Crippen molar-refractivity contribution in [2.75, 3.05) is 0 Å². The van der Waals surface area contributed by atoms with Gasteiger partial charge in [-0.2, -0.15) is 0 Å². The van der Waals surface area contributed by atoms with E-state index in [1.807, 2.05) is 42.5 Å². The molecule has 0 bridgehead atoms. The molecule has 0 aromatic heterocycles. The van der Waals surface area contributed by atoms with E-state index in [2.05, 4.69) is 48.5 Å². The Morgan fingerprint density at radius 2 is 0.957 bits per heavy atom. The van der Waals surface area contributed by atoms with Crippen molar-refractivity contribution in [2.45, 2.75) is 11.8 Å². The van der Waals surface area contributed by atoms with Crippen LogP contribution in [0, 0.1) is 5.92 Å². The van der Waals surface area contributed by atoms with Crippen molar-refractivity contribution < 1.29 is 4.79 Å². The molecule has 2 atom stereocenters. The van der Waals surface area contributed by atoms with Gasteiger partial charge in [0, 0.05) is 23.3 Å². The van der Waals surface area contributed by atoms with Crippen molar-refractivity contribution >= 4 is 5.78 Å². The van der Waals surface area contributed by atoms with E-state index >= 15 is 0 Å². The zero-order valence-corrected chi connectivity index (χ0v) is 12.8. The predicted molar refractivity (Wildman–Crippen MR) is 92.6 cm³/mol. The van der Waals surface area contributed by atoms with Crippen LogP contribution >= 0.6 is 0 Å². The Labute approximate surface area is 136 Å². The highest BCUT2D eigenvalue weighted by atomic mass is 16.1. The Bertz CT molecular complexity index is 748. The number of ketones is 1. The van der Waals surface area contributed by atoms with Gasteiger partial charge in [0.15, 0.2) is 5.78 Å². The van der Waals surface area contributed by atoms with E-state index < -0.39 is 0 Å². The van der Waals surface area contributed by atoms with Gasteiger partial charge < -0.3 is 0 Å². The summed E-state index contributed by atoms with van der Waals surface area (Å²) in [5.41, 5.74) is 3.34. The predicted octanol–water partition coefficient (Wildman–Crippen LogP) is 5.07. The number of Topliss-reactive ketones (excluding diaryl/α,β-unsaturated/α-hetero) is 1. The second kappa shape index (κ2) is 5.85. The Morgan fingerprint density at radius 1 is 0.565 bits per heavy atom. The molecule has 1 heteroatoms. The van der Waals surface area contributed by atoms with E-state index in [1.54, 1.807) is 0 Å². The van der Waals surface area contributed by atoms with Crippen LogP contribution in [0.15, 0.2) is 91.0 Å². The topological polar surface area (TPSA) is 17.1 Å². The van der Waals surface area contributed by atoms with Crippen molar-refractivity contribution in [3.63, 3.8) is 0 Å². The normalized spacial score (nSPS) is 22.5. The first-order valence-electron chi connectivity index (χ1n) is 8.05. The Balaban J connectivity index is 1.70.